The van der Waals surface area contributed by atoms with Crippen LogP contribution in [0.2, 0.25) is 0 Å². The van der Waals surface area contributed by atoms with E-state index in [2.05, 4.69) is 41.3 Å². The molecule has 2 aromatic heterocycles. The molecular formula is C18H19N3O2S. The van der Waals surface area contributed by atoms with Crippen LogP contribution >= 0.6 is 11.3 Å². The lowest BCUT2D eigenvalue weighted by atomic mass is 10.1. The molecule has 0 radical (unpaired) electrons. The molecule has 0 spiro atoms. The molecule has 1 aromatic carbocycles. The fourth-order valence-corrected chi connectivity index (χ4v) is 2.95. The SMILES string of the molecule is Cc1cnc(NC(=O)CCc2ncc(-c3ccc(C)c(C)c3)o2)s1. The number of anilines is 1. The lowest BCUT2D eigenvalue weighted by Crippen LogP contribution is -2.12. The number of nitrogens with one attached hydrogen (secondary N) is 1. The number of carbonyl (C=O) groups excluding carboxylic acids is 1. The summed E-state index contributed by atoms with van der Waals surface area (Å²) < 4.78 is 5.77. The van der Waals surface area contributed by atoms with E-state index < -0.39 is 0 Å². The molecule has 0 saturated heterocycles. The highest BCUT2D eigenvalue weighted by Crippen LogP contribution is 2.23. The molecule has 0 aliphatic rings. The Hall–Kier alpha value is -2.47. The van der Waals surface area contributed by atoms with Crippen molar-refractivity contribution in [2.75, 3.05) is 5.32 Å². The Morgan fingerprint density at radius 3 is 2.71 bits per heavy atom. The van der Waals surface area contributed by atoms with E-state index >= 15 is 0 Å². The minimum Gasteiger partial charge on any atom is -0.441 e. The van der Waals surface area contributed by atoms with E-state index in [1.54, 1.807) is 12.4 Å². The van der Waals surface area contributed by atoms with E-state index in [-0.39, 0.29) is 5.91 Å². The fraction of sp³-hybridized carbons (Fsp3) is 0.278. The maximum Gasteiger partial charge on any atom is 0.226 e. The zero-order valence-corrected chi connectivity index (χ0v) is 14.7. The Kier molecular flexibility index (Phi) is 4.76. The van der Waals surface area contributed by atoms with Gasteiger partial charge < -0.3 is 9.73 Å². The molecule has 124 valence electrons. The minimum absolute atomic E-state index is 0.0877. The van der Waals surface area contributed by atoms with Crippen LogP contribution < -0.4 is 5.32 Å². The Morgan fingerprint density at radius 1 is 1.17 bits per heavy atom. The number of rotatable bonds is 5. The Labute approximate surface area is 144 Å². The Balaban J connectivity index is 1.59. The summed E-state index contributed by atoms with van der Waals surface area (Å²) in [5.74, 6) is 1.20. The van der Waals surface area contributed by atoms with Crippen LogP contribution in [0.5, 0.6) is 0 Å². The summed E-state index contributed by atoms with van der Waals surface area (Å²) in [4.78, 5) is 21.4. The number of nitrogens with zero attached hydrogens (tertiary/aromatic N) is 2. The first kappa shape index (κ1) is 16.4. The van der Waals surface area contributed by atoms with Crippen LogP contribution in [0.4, 0.5) is 5.13 Å². The first-order valence-corrected chi connectivity index (χ1v) is 8.57. The second kappa shape index (κ2) is 6.97. The van der Waals surface area contributed by atoms with Crippen molar-refractivity contribution >= 4 is 22.4 Å². The van der Waals surface area contributed by atoms with E-state index in [9.17, 15) is 4.79 Å². The molecule has 1 N–H and O–H groups in total. The predicted octanol–water partition coefficient (Wildman–Crippen LogP) is 4.29. The molecule has 1 amide bonds. The van der Waals surface area contributed by atoms with Crippen LogP contribution in [0, 0.1) is 20.8 Å². The summed E-state index contributed by atoms with van der Waals surface area (Å²) in [5.41, 5.74) is 3.45. The molecule has 0 bridgehead atoms. The van der Waals surface area contributed by atoms with Gasteiger partial charge in [0.1, 0.15) is 0 Å². The van der Waals surface area contributed by atoms with Crippen LogP contribution in [0.25, 0.3) is 11.3 Å². The standard InChI is InChI=1S/C18H19N3O2S/c1-11-4-5-14(8-12(11)2)15-10-19-17(23-15)7-6-16(22)21-18-20-9-13(3)24-18/h4-5,8-10H,6-7H2,1-3H3,(H,20,21,22). The summed E-state index contributed by atoms with van der Waals surface area (Å²) in [5, 5.41) is 3.41. The molecule has 24 heavy (non-hydrogen) atoms. The van der Waals surface area contributed by atoms with E-state index in [0.717, 1.165) is 16.2 Å². The number of aryl methyl sites for hydroxylation is 4. The second-order valence-electron chi connectivity index (χ2n) is 5.74. The monoisotopic (exact) mass is 341 g/mol. The predicted molar refractivity (Wildman–Crippen MR) is 95.2 cm³/mol. The third kappa shape index (κ3) is 3.89. The number of aromatic nitrogens is 2. The molecular weight excluding hydrogens is 322 g/mol. The number of hydrogen-bond acceptors (Lipinski definition) is 5. The van der Waals surface area contributed by atoms with E-state index in [0.29, 0.717) is 23.9 Å². The number of carbonyl (C=O) groups is 1. The van der Waals surface area contributed by atoms with Gasteiger partial charge in [-0.05, 0) is 38.0 Å². The average molecular weight is 341 g/mol. The zero-order chi connectivity index (χ0) is 17.1. The van der Waals surface area contributed by atoms with Crippen molar-refractivity contribution in [3.05, 3.63) is 52.5 Å². The molecule has 0 fully saturated rings. The molecule has 0 aliphatic heterocycles. The Bertz CT molecular complexity index is 867. The molecule has 3 aromatic rings. The van der Waals surface area contributed by atoms with Gasteiger partial charge in [0.15, 0.2) is 16.8 Å². The lowest BCUT2D eigenvalue weighted by Gasteiger charge is -2.02. The van der Waals surface area contributed by atoms with Crippen LogP contribution in [-0.4, -0.2) is 15.9 Å². The van der Waals surface area contributed by atoms with Crippen LogP contribution in [0.3, 0.4) is 0 Å². The van der Waals surface area contributed by atoms with Crippen molar-refractivity contribution in [3.8, 4) is 11.3 Å². The largest absolute Gasteiger partial charge is 0.441 e. The van der Waals surface area contributed by atoms with Crippen LogP contribution in [0.15, 0.2) is 35.0 Å². The summed E-state index contributed by atoms with van der Waals surface area (Å²) >= 11 is 1.46. The normalized spacial score (nSPS) is 10.8. The first-order valence-electron chi connectivity index (χ1n) is 7.76. The molecule has 6 heteroatoms. The van der Waals surface area contributed by atoms with E-state index in [1.165, 1.54) is 22.5 Å². The molecule has 2 heterocycles. The molecule has 0 atom stereocenters. The van der Waals surface area contributed by atoms with Gasteiger partial charge in [-0.2, -0.15) is 0 Å². The third-order valence-corrected chi connectivity index (χ3v) is 4.61. The van der Waals surface area contributed by atoms with Gasteiger partial charge in [0.2, 0.25) is 5.91 Å². The molecule has 3 rings (SSSR count). The summed E-state index contributed by atoms with van der Waals surface area (Å²) in [6.07, 6.45) is 4.22. The number of benzene rings is 1. The third-order valence-electron chi connectivity index (χ3n) is 3.78. The second-order valence-corrected chi connectivity index (χ2v) is 6.98. The molecule has 0 aliphatic carbocycles. The van der Waals surface area contributed by atoms with Crippen molar-refractivity contribution < 1.29 is 9.21 Å². The number of thiazole rings is 1. The number of oxazole rings is 1. The highest BCUT2D eigenvalue weighted by molar-refractivity contribution is 7.15. The summed E-state index contributed by atoms with van der Waals surface area (Å²) in [6.45, 7) is 6.10. The van der Waals surface area contributed by atoms with E-state index in [1.807, 2.05) is 13.0 Å². The average Bonchev–Trinajstić information content (AvgIpc) is 3.17. The fourth-order valence-electron chi connectivity index (χ4n) is 2.27. The van der Waals surface area contributed by atoms with Gasteiger partial charge in [-0.15, -0.1) is 11.3 Å². The molecule has 5 nitrogen and oxygen atoms in total. The van der Waals surface area contributed by atoms with Gasteiger partial charge in [0, 0.05) is 29.5 Å². The van der Waals surface area contributed by atoms with Gasteiger partial charge in [-0.25, -0.2) is 9.97 Å². The smallest absolute Gasteiger partial charge is 0.226 e. The van der Waals surface area contributed by atoms with Gasteiger partial charge >= 0.3 is 0 Å². The topological polar surface area (TPSA) is 68.0 Å². The van der Waals surface area contributed by atoms with E-state index in [4.69, 9.17) is 4.42 Å². The summed E-state index contributed by atoms with van der Waals surface area (Å²) in [6, 6.07) is 6.16. The Morgan fingerprint density at radius 2 is 2.00 bits per heavy atom. The highest BCUT2D eigenvalue weighted by Gasteiger charge is 2.11. The lowest BCUT2D eigenvalue weighted by molar-refractivity contribution is -0.116. The molecule has 0 saturated carbocycles. The molecule has 0 unspecified atom stereocenters. The van der Waals surface area contributed by atoms with Gasteiger partial charge in [0.05, 0.1) is 6.20 Å². The quantitative estimate of drug-likeness (QED) is 0.751. The van der Waals surface area contributed by atoms with Crippen molar-refractivity contribution in [2.45, 2.75) is 33.6 Å². The van der Waals surface area contributed by atoms with Crippen molar-refractivity contribution in [2.24, 2.45) is 0 Å². The van der Waals surface area contributed by atoms with Crippen molar-refractivity contribution in [1.29, 1.82) is 0 Å². The van der Waals surface area contributed by atoms with Crippen LogP contribution in [-0.2, 0) is 11.2 Å². The minimum atomic E-state index is -0.0877. The van der Waals surface area contributed by atoms with Gasteiger partial charge in [-0.1, -0.05) is 12.1 Å². The van der Waals surface area contributed by atoms with Crippen molar-refractivity contribution in [1.82, 2.24) is 9.97 Å². The zero-order valence-electron chi connectivity index (χ0n) is 13.9. The van der Waals surface area contributed by atoms with Crippen LogP contribution in [0.1, 0.15) is 28.3 Å². The van der Waals surface area contributed by atoms with Gasteiger partial charge in [0.25, 0.3) is 0 Å². The summed E-state index contributed by atoms with van der Waals surface area (Å²) in [7, 11) is 0. The van der Waals surface area contributed by atoms with Crippen molar-refractivity contribution in [3.63, 3.8) is 0 Å². The maximum absolute atomic E-state index is 11.9. The maximum atomic E-state index is 11.9. The first-order chi connectivity index (χ1) is 11.5. The highest BCUT2D eigenvalue weighted by atomic mass is 32.1. The number of amides is 1. The van der Waals surface area contributed by atoms with Gasteiger partial charge in [-0.3, -0.25) is 4.79 Å². The number of hydrogen-bond donors (Lipinski definition) is 1.